The van der Waals surface area contributed by atoms with Gasteiger partial charge in [-0.05, 0) is 17.7 Å². The summed E-state index contributed by atoms with van der Waals surface area (Å²) in [5.41, 5.74) is 1.94. The van der Waals surface area contributed by atoms with Crippen molar-refractivity contribution in [2.75, 3.05) is 25.5 Å². The third kappa shape index (κ3) is 5.51. The zero-order valence-electron chi connectivity index (χ0n) is 12.0. The second-order valence-corrected chi connectivity index (χ2v) is 5.92. The average molecular weight is 328 g/mol. The number of nitrogens with zero attached hydrogens (tertiary/aromatic N) is 1. The zero-order valence-corrected chi connectivity index (χ0v) is 13.8. The van der Waals surface area contributed by atoms with Crippen molar-refractivity contribution in [3.8, 4) is 0 Å². The maximum absolute atomic E-state index is 11.9. The molecule has 0 saturated carbocycles. The molecule has 0 bridgehead atoms. The summed E-state index contributed by atoms with van der Waals surface area (Å²) in [6.45, 7) is 0.0886. The molecule has 21 heavy (non-hydrogen) atoms. The summed E-state index contributed by atoms with van der Waals surface area (Å²) in [5.74, 6) is -1.27. The topological polar surface area (TPSA) is 69.6 Å². The van der Waals surface area contributed by atoms with Gasteiger partial charge >= 0.3 is 5.97 Å². The van der Waals surface area contributed by atoms with Gasteiger partial charge in [0.2, 0.25) is 5.91 Å². The van der Waals surface area contributed by atoms with Crippen molar-refractivity contribution in [2.45, 2.75) is 16.9 Å². The smallest absolute Gasteiger partial charge is 0.305 e. The Morgan fingerprint density at radius 2 is 1.81 bits per heavy atom. The van der Waals surface area contributed by atoms with Crippen LogP contribution in [0.4, 0.5) is 5.69 Å². The van der Waals surface area contributed by atoms with Crippen LogP contribution in [0.15, 0.2) is 24.3 Å². The van der Waals surface area contributed by atoms with Crippen molar-refractivity contribution < 1.29 is 14.7 Å². The molecule has 2 unspecified atom stereocenters. The number of hydrogen-bond acceptors (Lipinski definition) is 5. The Morgan fingerprint density at radius 3 is 2.29 bits per heavy atom. The van der Waals surface area contributed by atoms with E-state index in [2.05, 4.69) is 30.6 Å². The molecule has 0 aliphatic carbocycles. The monoisotopic (exact) mass is 328 g/mol. The lowest BCUT2D eigenvalue weighted by Gasteiger charge is -2.19. The fraction of sp³-hybridized carbons (Fsp3) is 0.429. The van der Waals surface area contributed by atoms with E-state index < -0.39 is 11.2 Å². The standard InChI is InChI=1S/C14H20N2O3S2/c1-16(2)10-5-3-9(4-6-10)12(20)13(21)14(19)15-8-7-11(17)18/h3-6,12-13,20-21H,7-8H2,1-2H3,(H,15,19)(H,17,18). The lowest BCUT2D eigenvalue weighted by atomic mass is 10.1. The highest BCUT2D eigenvalue weighted by Gasteiger charge is 2.23. The van der Waals surface area contributed by atoms with E-state index in [0.717, 1.165) is 11.3 Å². The van der Waals surface area contributed by atoms with E-state index in [4.69, 9.17) is 5.11 Å². The van der Waals surface area contributed by atoms with E-state index in [-0.39, 0.29) is 24.1 Å². The molecule has 1 amide bonds. The number of benzene rings is 1. The summed E-state index contributed by atoms with van der Waals surface area (Å²) < 4.78 is 0. The lowest BCUT2D eigenvalue weighted by Crippen LogP contribution is -2.35. The van der Waals surface area contributed by atoms with Crippen LogP contribution in [0.5, 0.6) is 0 Å². The van der Waals surface area contributed by atoms with Gasteiger partial charge in [0.15, 0.2) is 0 Å². The molecule has 0 aromatic heterocycles. The van der Waals surface area contributed by atoms with Crippen molar-refractivity contribution in [3.05, 3.63) is 29.8 Å². The van der Waals surface area contributed by atoms with E-state index in [9.17, 15) is 9.59 Å². The van der Waals surface area contributed by atoms with Crippen LogP contribution in [-0.2, 0) is 9.59 Å². The van der Waals surface area contributed by atoms with Gasteiger partial charge in [0, 0.05) is 31.6 Å². The first-order valence-electron chi connectivity index (χ1n) is 6.46. The van der Waals surface area contributed by atoms with Gasteiger partial charge in [-0.25, -0.2) is 0 Å². The Bertz CT molecular complexity index is 491. The predicted molar refractivity (Wildman–Crippen MR) is 90.5 cm³/mol. The number of carbonyl (C=O) groups is 2. The zero-order chi connectivity index (χ0) is 16.0. The fourth-order valence-electron chi connectivity index (χ4n) is 1.69. The molecule has 0 heterocycles. The van der Waals surface area contributed by atoms with Gasteiger partial charge in [0.1, 0.15) is 0 Å². The number of amides is 1. The van der Waals surface area contributed by atoms with Gasteiger partial charge in [-0.15, -0.1) is 0 Å². The second-order valence-electron chi connectivity index (χ2n) is 4.81. The van der Waals surface area contributed by atoms with Crippen molar-refractivity contribution in [1.29, 1.82) is 0 Å². The SMILES string of the molecule is CN(C)c1ccc(C(S)C(S)C(=O)NCCC(=O)O)cc1. The number of hydrogen-bond donors (Lipinski definition) is 4. The normalized spacial score (nSPS) is 13.3. The highest BCUT2D eigenvalue weighted by Crippen LogP contribution is 2.28. The molecule has 1 rings (SSSR count). The van der Waals surface area contributed by atoms with Crippen LogP contribution < -0.4 is 10.2 Å². The summed E-state index contributed by atoms with van der Waals surface area (Å²) in [5, 5.41) is 10.1. The molecule has 116 valence electrons. The Balaban J connectivity index is 2.62. The Morgan fingerprint density at radius 1 is 1.24 bits per heavy atom. The number of carboxylic acids is 1. The number of rotatable bonds is 7. The predicted octanol–water partition coefficient (Wildman–Crippen LogP) is 1.61. The molecule has 7 heteroatoms. The van der Waals surface area contributed by atoms with E-state index in [0.29, 0.717) is 0 Å². The summed E-state index contributed by atoms with van der Waals surface area (Å²) >= 11 is 8.71. The number of aliphatic carboxylic acids is 1. The van der Waals surface area contributed by atoms with Gasteiger partial charge in [0.05, 0.1) is 11.7 Å². The highest BCUT2D eigenvalue weighted by atomic mass is 32.1. The fourth-order valence-corrected chi connectivity index (χ4v) is 2.26. The molecule has 5 nitrogen and oxygen atoms in total. The first kappa shape index (κ1) is 17.7. The van der Waals surface area contributed by atoms with E-state index >= 15 is 0 Å². The number of carboxylic acid groups (broad SMARTS) is 1. The van der Waals surface area contributed by atoms with E-state index in [1.54, 1.807) is 0 Å². The first-order chi connectivity index (χ1) is 9.82. The molecule has 0 fully saturated rings. The minimum atomic E-state index is -0.951. The van der Waals surface area contributed by atoms with Crippen molar-refractivity contribution in [3.63, 3.8) is 0 Å². The van der Waals surface area contributed by atoms with Gasteiger partial charge in [0.25, 0.3) is 0 Å². The average Bonchev–Trinajstić information content (AvgIpc) is 2.45. The maximum Gasteiger partial charge on any atom is 0.305 e. The molecule has 1 aromatic carbocycles. The minimum Gasteiger partial charge on any atom is -0.481 e. The molecule has 0 saturated heterocycles. The number of anilines is 1. The van der Waals surface area contributed by atoms with Gasteiger partial charge < -0.3 is 15.3 Å². The summed E-state index contributed by atoms with van der Waals surface area (Å²) in [6.07, 6.45) is -0.110. The molecule has 0 aliphatic rings. The van der Waals surface area contributed by atoms with Crippen LogP contribution in [0, 0.1) is 0 Å². The van der Waals surface area contributed by atoms with Crippen LogP contribution in [0.25, 0.3) is 0 Å². The van der Waals surface area contributed by atoms with Crippen LogP contribution >= 0.6 is 25.3 Å². The molecular weight excluding hydrogens is 308 g/mol. The molecule has 1 aromatic rings. The number of carbonyl (C=O) groups excluding carboxylic acids is 1. The third-order valence-electron chi connectivity index (χ3n) is 2.96. The number of thiol groups is 2. The second kappa shape index (κ2) is 8.19. The maximum atomic E-state index is 11.9. The van der Waals surface area contributed by atoms with E-state index in [1.807, 2.05) is 43.3 Å². The first-order valence-corrected chi connectivity index (χ1v) is 7.49. The third-order valence-corrected chi connectivity index (χ3v) is 4.32. The summed E-state index contributed by atoms with van der Waals surface area (Å²) in [6, 6.07) is 7.70. The quantitative estimate of drug-likeness (QED) is 0.574. The lowest BCUT2D eigenvalue weighted by molar-refractivity contribution is -0.136. The molecule has 0 aliphatic heterocycles. The molecular formula is C14H20N2O3S2. The Labute approximate surface area is 135 Å². The van der Waals surface area contributed by atoms with Crippen LogP contribution in [-0.4, -0.2) is 42.9 Å². The number of nitrogens with one attached hydrogen (secondary N) is 1. The molecule has 2 N–H and O–H groups in total. The van der Waals surface area contributed by atoms with Crippen LogP contribution in [0.3, 0.4) is 0 Å². The van der Waals surface area contributed by atoms with Gasteiger partial charge in [-0.3, -0.25) is 9.59 Å². The summed E-state index contributed by atoms with van der Waals surface area (Å²) in [7, 11) is 3.90. The Kier molecular flexibility index (Phi) is 6.91. The van der Waals surface area contributed by atoms with Crippen molar-refractivity contribution in [2.24, 2.45) is 0 Å². The molecule has 2 atom stereocenters. The minimum absolute atomic E-state index is 0.0886. The molecule has 0 radical (unpaired) electrons. The summed E-state index contributed by atoms with van der Waals surface area (Å²) in [4.78, 5) is 24.3. The van der Waals surface area contributed by atoms with Gasteiger partial charge in [-0.1, -0.05) is 12.1 Å². The highest BCUT2D eigenvalue weighted by molar-refractivity contribution is 7.85. The largest absolute Gasteiger partial charge is 0.481 e. The Hall–Kier alpha value is -1.34. The van der Waals surface area contributed by atoms with Gasteiger partial charge in [-0.2, -0.15) is 25.3 Å². The van der Waals surface area contributed by atoms with Crippen LogP contribution in [0.2, 0.25) is 0 Å². The van der Waals surface area contributed by atoms with Crippen LogP contribution in [0.1, 0.15) is 17.2 Å². The molecule has 0 spiro atoms. The van der Waals surface area contributed by atoms with Crippen molar-refractivity contribution in [1.82, 2.24) is 5.32 Å². The van der Waals surface area contributed by atoms with E-state index in [1.165, 1.54) is 0 Å². The van der Waals surface area contributed by atoms with Crippen molar-refractivity contribution >= 4 is 42.8 Å².